The number of fused-ring (bicyclic) bond motifs is 2. The summed E-state index contributed by atoms with van der Waals surface area (Å²) in [4.78, 5) is 28.5. The van der Waals surface area contributed by atoms with Crippen LogP contribution in [0.1, 0.15) is 38.3 Å². The second kappa shape index (κ2) is 9.47. The summed E-state index contributed by atoms with van der Waals surface area (Å²) in [5.74, 6) is 0.0933. The first-order valence-electron chi connectivity index (χ1n) is 12.1. The van der Waals surface area contributed by atoms with Crippen molar-refractivity contribution in [3.63, 3.8) is 0 Å². The maximum Gasteiger partial charge on any atom is 0.264 e. The predicted octanol–water partition coefficient (Wildman–Crippen LogP) is 6.77. The maximum atomic E-state index is 13.5. The molecule has 0 radical (unpaired) electrons. The number of para-hydroxylation sites is 1. The molecule has 5 rings (SSSR count). The molecule has 1 aromatic heterocycles. The Kier molecular flexibility index (Phi) is 6.35. The van der Waals surface area contributed by atoms with Gasteiger partial charge < -0.3 is 14.1 Å². The van der Waals surface area contributed by atoms with E-state index >= 15 is 0 Å². The van der Waals surface area contributed by atoms with Gasteiger partial charge in [-0.05, 0) is 53.6 Å². The lowest BCUT2D eigenvalue weighted by atomic mass is 9.86. The SMILES string of the molecule is CC(C)(C)c1ccc(-c2oc3ccc(Cl)cc3c(=O)c2OCC(=O)N2CCCc3ccccc32)cc1. The van der Waals surface area contributed by atoms with Gasteiger partial charge in [-0.15, -0.1) is 0 Å². The predicted molar refractivity (Wildman–Crippen MR) is 144 cm³/mol. The van der Waals surface area contributed by atoms with Crippen molar-refractivity contribution in [2.75, 3.05) is 18.1 Å². The molecular formula is C30H28ClNO4. The molecule has 0 atom stereocenters. The fourth-order valence-corrected chi connectivity index (χ4v) is 4.77. The molecule has 184 valence electrons. The number of aryl methyl sites for hydroxylation is 1. The summed E-state index contributed by atoms with van der Waals surface area (Å²) >= 11 is 6.15. The minimum atomic E-state index is -0.361. The second-order valence-electron chi connectivity index (χ2n) is 10.1. The van der Waals surface area contributed by atoms with Gasteiger partial charge in [-0.1, -0.05) is 74.8 Å². The van der Waals surface area contributed by atoms with Gasteiger partial charge >= 0.3 is 0 Å². The van der Waals surface area contributed by atoms with E-state index in [1.807, 2.05) is 48.5 Å². The second-order valence-corrected chi connectivity index (χ2v) is 10.6. The van der Waals surface area contributed by atoms with Gasteiger partial charge in [0.15, 0.2) is 12.4 Å². The highest BCUT2D eigenvalue weighted by atomic mass is 35.5. The Labute approximate surface area is 215 Å². The third-order valence-electron chi connectivity index (χ3n) is 6.58. The van der Waals surface area contributed by atoms with E-state index in [4.69, 9.17) is 20.8 Å². The van der Waals surface area contributed by atoms with Gasteiger partial charge in [-0.2, -0.15) is 0 Å². The molecule has 1 aliphatic heterocycles. The average molecular weight is 502 g/mol. The number of rotatable bonds is 4. The number of ether oxygens (including phenoxy) is 1. The van der Waals surface area contributed by atoms with E-state index in [1.54, 1.807) is 23.1 Å². The largest absolute Gasteiger partial charge is 0.476 e. The number of carbonyl (C=O) groups excluding carboxylic acids is 1. The Hall–Kier alpha value is -3.57. The summed E-state index contributed by atoms with van der Waals surface area (Å²) in [7, 11) is 0. The minimum Gasteiger partial charge on any atom is -0.476 e. The van der Waals surface area contributed by atoms with Crippen molar-refractivity contribution in [1.29, 1.82) is 0 Å². The van der Waals surface area contributed by atoms with Crippen LogP contribution in [-0.2, 0) is 16.6 Å². The zero-order chi connectivity index (χ0) is 25.4. The van der Waals surface area contributed by atoms with E-state index in [2.05, 4.69) is 20.8 Å². The lowest BCUT2D eigenvalue weighted by Crippen LogP contribution is -2.39. The van der Waals surface area contributed by atoms with Crippen molar-refractivity contribution in [3.05, 3.63) is 93.1 Å². The van der Waals surface area contributed by atoms with Gasteiger partial charge in [-0.25, -0.2) is 0 Å². The smallest absolute Gasteiger partial charge is 0.264 e. The van der Waals surface area contributed by atoms with Crippen LogP contribution in [-0.4, -0.2) is 19.1 Å². The van der Waals surface area contributed by atoms with Crippen molar-refractivity contribution in [2.45, 2.75) is 39.0 Å². The van der Waals surface area contributed by atoms with E-state index < -0.39 is 0 Å². The third kappa shape index (κ3) is 4.63. The molecule has 0 saturated heterocycles. The van der Waals surface area contributed by atoms with Crippen LogP contribution in [0.3, 0.4) is 0 Å². The number of halogens is 1. The average Bonchev–Trinajstić information content (AvgIpc) is 2.87. The lowest BCUT2D eigenvalue weighted by Gasteiger charge is -2.29. The topological polar surface area (TPSA) is 59.8 Å². The highest BCUT2D eigenvalue weighted by molar-refractivity contribution is 6.31. The Morgan fingerprint density at radius 3 is 2.56 bits per heavy atom. The third-order valence-corrected chi connectivity index (χ3v) is 6.81. The number of hydrogen-bond donors (Lipinski definition) is 0. The van der Waals surface area contributed by atoms with Crippen LogP contribution in [0.15, 0.2) is 75.9 Å². The highest BCUT2D eigenvalue weighted by Gasteiger charge is 2.25. The summed E-state index contributed by atoms with van der Waals surface area (Å²) in [6, 6.07) is 20.7. The number of amides is 1. The molecule has 6 heteroatoms. The number of nitrogens with zero attached hydrogens (tertiary/aromatic N) is 1. The molecule has 2 heterocycles. The summed E-state index contributed by atoms with van der Waals surface area (Å²) < 4.78 is 12.1. The lowest BCUT2D eigenvalue weighted by molar-refractivity contribution is -0.120. The van der Waals surface area contributed by atoms with Crippen molar-refractivity contribution in [3.8, 4) is 17.1 Å². The number of carbonyl (C=O) groups is 1. The monoisotopic (exact) mass is 501 g/mol. The standard InChI is InChI=1S/C30H28ClNO4/c1-30(2,3)21-12-10-20(11-13-21)28-29(27(34)23-17-22(31)14-15-25(23)36-28)35-18-26(33)32-16-6-8-19-7-4-5-9-24(19)32/h4-5,7,9-15,17H,6,8,16,18H2,1-3H3. The fraction of sp³-hybridized carbons (Fsp3) is 0.267. The minimum absolute atomic E-state index is 0.00641. The summed E-state index contributed by atoms with van der Waals surface area (Å²) in [6.45, 7) is 6.75. The van der Waals surface area contributed by atoms with Crippen LogP contribution in [0.4, 0.5) is 5.69 Å². The molecule has 0 unspecified atom stereocenters. The molecule has 0 aliphatic carbocycles. The zero-order valence-electron chi connectivity index (χ0n) is 20.6. The van der Waals surface area contributed by atoms with Crippen LogP contribution in [0.5, 0.6) is 5.75 Å². The fourth-order valence-electron chi connectivity index (χ4n) is 4.60. The Balaban J connectivity index is 1.52. The van der Waals surface area contributed by atoms with Crippen LogP contribution < -0.4 is 15.1 Å². The van der Waals surface area contributed by atoms with Gasteiger partial charge in [0.25, 0.3) is 5.91 Å². The number of anilines is 1. The van der Waals surface area contributed by atoms with Gasteiger partial charge in [0.1, 0.15) is 5.58 Å². The molecule has 1 amide bonds. The van der Waals surface area contributed by atoms with Crippen LogP contribution in [0.2, 0.25) is 5.02 Å². The molecule has 0 spiro atoms. The van der Waals surface area contributed by atoms with E-state index in [1.165, 1.54) is 0 Å². The molecular weight excluding hydrogens is 474 g/mol. The van der Waals surface area contributed by atoms with Crippen molar-refractivity contribution in [1.82, 2.24) is 0 Å². The number of benzene rings is 3. The zero-order valence-corrected chi connectivity index (χ0v) is 21.4. The van der Waals surface area contributed by atoms with E-state index in [0.29, 0.717) is 33.9 Å². The van der Waals surface area contributed by atoms with Crippen molar-refractivity contribution < 1.29 is 13.9 Å². The van der Waals surface area contributed by atoms with Crippen molar-refractivity contribution >= 4 is 34.2 Å². The van der Waals surface area contributed by atoms with Gasteiger partial charge in [0.2, 0.25) is 11.2 Å². The van der Waals surface area contributed by atoms with E-state index in [0.717, 1.165) is 29.7 Å². The molecule has 0 saturated carbocycles. The highest BCUT2D eigenvalue weighted by Crippen LogP contribution is 2.34. The van der Waals surface area contributed by atoms with Gasteiger partial charge in [-0.3, -0.25) is 9.59 Å². The summed E-state index contributed by atoms with van der Waals surface area (Å²) in [6.07, 6.45) is 1.81. The van der Waals surface area contributed by atoms with Gasteiger partial charge in [0, 0.05) is 22.8 Å². The Morgan fingerprint density at radius 1 is 1.06 bits per heavy atom. The van der Waals surface area contributed by atoms with Crippen LogP contribution in [0.25, 0.3) is 22.3 Å². The molecule has 0 fully saturated rings. The van der Waals surface area contributed by atoms with Crippen LogP contribution >= 0.6 is 11.6 Å². The Morgan fingerprint density at radius 2 is 1.81 bits per heavy atom. The first-order chi connectivity index (χ1) is 17.2. The Bertz CT molecular complexity index is 1500. The van der Waals surface area contributed by atoms with E-state index in [9.17, 15) is 9.59 Å². The maximum absolute atomic E-state index is 13.5. The van der Waals surface area contributed by atoms with Crippen LogP contribution in [0, 0.1) is 0 Å². The van der Waals surface area contributed by atoms with Gasteiger partial charge in [0.05, 0.1) is 5.39 Å². The molecule has 1 aliphatic rings. The molecule has 5 nitrogen and oxygen atoms in total. The first kappa shape index (κ1) is 24.1. The molecule has 0 N–H and O–H groups in total. The first-order valence-corrected chi connectivity index (χ1v) is 12.5. The molecule has 0 bridgehead atoms. The number of hydrogen-bond acceptors (Lipinski definition) is 4. The summed E-state index contributed by atoms with van der Waals surface area (Å²) in [5, 5.41) is 0.729. The van der Waals surface area contributed by atoms with Crippen molar-refractivity contribution in [2.24, 2.45) is 0 Å². The van der Waals surface area contributed by atoms with E-state index in [-0.39, 0.29) is 29.1 Å². The molecule has 36 heavy (non-hydrogen) atoms. The summed E-state index contributed by atoms with van der Waals surface area (Å²) in [5.41, 5.74) is 3.91. The quantitative estimate of drug-likeness (QED) is 0.309. The molecule has 4 aromatic rings. The normalized spacial score (nSPS) is 13.5. The molecule has 3 aromatic carbocycles.